The number of allylic oxidation sites excluding steroid dienone is 1. The molecule has 0 radical (unpaired) electrons. The summed E-state index contributed by atoms with van der Waals surface area (Å²) in [5.41, 5.74) is 2.43. The van der Waals surface area contributed by atoms with Crippen molar-refractivity contribution in [2.75, 3.05) is 7.11 Å². The van der Waals surface area contributed by atoms with Gasteiger partial charge in [0, 0.05) is 12.5 Å². The highest BCUT2D eigenvalue weighted by atomic mass is 16.5. The van der Waals surface area contributed by atoms with Crippen LogP contribution in [0.2, 0.25) is 0 Å². The van der Waals surface area contributed by atoms with Crippen molar-refractivity contribution in [3.63, 3.8) is 0 Å². The van der Waals surface area contributed by atoms with E-state index in [0.717, 1.165) is 43.9 Å². The molecule has 3 nitrogen and oxygen atoms in total. The number of esters is 1. The van der Waals surface area contributed by atoms with E-state index >= 15 is 0 Å². The van der Waals surface area contributed by atoms with Crippen LogP contribution in [0.1, 0.15) is 117 Å². The van der Waals surface area contributed by atoms with Gasteiger partial charge in [0.15, 0.2) is 0 Å². The maximum atomic E-state index is 13.7. The largest absolute Gasteiger partial charge is 0.458 e. The summed E-state index contributed by atoms with van der Waals surface area (Å²) in [7, 11) is 1.87. The first-order chi connectivity index (χ1) is 19.0. The maximum absolute atomic E-state index is 13.7. The van der Waals surface area contributed by atoms with Crippen LogP contribution in [-0.2, 0) is 9.47 Å². The predicted molar refractivity (Wildman–Crippen MR) is 164 cm³/mol. The number of carbonyl (C=O) groups is 1. The van der Waals surface area contributed by atoms with Crippen molar-refractivity contribution in [2.24, 2.45) is 51.8 Å². The van der Waals surface area contributed by atoms with E-state index in [-0.39, 0.29) is 28.3 Å². The summed E-state index contributed by atoms with van der Waals surface area (Å²) in [6.45, 7) is 17.2. The highest BCUT2D eigenvalue weighted by molar-refractivity contribution is 5.89. The fraction of sp³-hybridized carbons (Fsp3) is 0.757. The van der Waals surface area contributed by atoms with E-state index in [1.807, 2.05) is 37.4 Å². The van der Waals surface area contributed by atoms with E-state index < -0.39 is 0 Å². The molecule has 0 bridgehead atoms. The van der Waals surface area contributed by atoms with Gasteiger partial charge in [-0.3, -0.25) is 0 Å². The summed E-state index contributed by atoms with van der Waals surface area (Å²) in [4.78, 5) is 13.7. The minimum atomic E-state index is -0.155. The Kier molecular flexibility index (Phi) is 8.39. The molecule has 0 unspecified atom stereocenters. The van der Waals surface area contributed by atoms with Crippen LogP contribution in [0.4, 0.5) is 0 Å². The zero-order valence-corrected chi connectivity index (χ0v) is 26.7. The predicted octanol–water partition coefficient (Wildman–Crippen LogP) is 9.51. The van der Waals surface area contributed by atoms with Crippen molar-refractivity contribution >= 4 is 5.97 Å². The lowest BCUT2D eigenvalue weighted by Crippen LogP contribution is -2.62. The number of ether oxygens (including phenoxy) is 2. The quantitative estimate of drug-likeness (QED) is 0.240. The summed E-state index contributed by atoms with van der Waals surface area (Å²) >= 11 is 0. The van der Waals surface area contributed by atoms with Crippen molar-refractivity contribution in [3.05, 3.63) is 47.5 Å². The molecular formula is C37H56O3. The second-order valence-corrected chi connectivity index (χ2v) is 15.3. The number of hydrogen-bond acceptors (Lipinski definition) is 3. The Morgan fingerprint density at radius 3 is 2.40 bits per heavy atom. The lowest BCUT2D eigenvalue weighted by Gasteiger charge is -2.65. The smallest absolute Gasteiger partial charge is 0.338 e. The van der Waals surface area contributed by atoms with Gasteiger partial charge in [-0.1, -0.05) is 91.2 Å². The molecule has 0 amide bonds. The molecule has 0 heterocycles. The molecule has 5 rings (SSSR count). The Labute approximate surface area is 244 Å². The summed E-state index contributed by atoms with van der Waals surface area (Å²) in [5.74, 6) is 3.88. The van der Waals surface area contributed by atoms with Crippen molar-refractivity contribution < 1.29 is 14.3 Å². The molecule has 40 heavy (non-hydrogen) atoms. The number of carbonyl (C=O) groups excluding carboxylic acids is 1. The second-order valence-electron chi connectivity index (χ2n) is 15.3. The van der Waals surface area contributed by atoms with Gasteiger partial charge < -0.3 is 9.47 Å². The zero-order valence-electron chi connectivity index (χ0n) is 26.7. The summed E-state index contributed by atoms with van der Waals surface area (Å²) in [6, 6.07) is 9.66. The van der Waals surface area contributed by atoms with Crippen LogP contribution < -0.4 is 0 Å². The van der Waals surface area contributed by atoms with E-state index in [0.29, 0.717) is 35.3 Å². The third-order valence-corrected chi connectivity index (χ3v) is 13.4. The van der Waals surface area contributed by atoms with E-state index in [1.54, 1.807) is 5.57 Å². The zero-order chi connectivity index (χ0) is 28.9. The highest BCUT2D eigenvalue weighted by Gasteiger charge is 2.67. The van der Waals surface area contributed by atoms with Gasteiger partial charge in [0.2, 0.25) is 0 Å². The van der Waals surface area contributed by atoms with Gasteiger partial charge in [-0.25, -0.2) is 4.79 Å². The Balaban J connectivity index is 1.50. The fourth-order valence-corrected chi connectivity index (χ4v) is 10.1. The fourth-order valence-electron chi connectivity index (χ4n) is 10.1. The van der Waals surface area contributed by atoms with Crippen LogP contribution in [0.5, 0.6) is 0 Å². The van der Waals surface area contributed by atoms with Crippen LogP contribution in [0.25, 0.3) is 0 Å². The third-order valence-electron chi connectivity index (χ3n) is 13.4. The molecule has 3 fully saturated rings. The Morgan fingerprint density at radius 1 is 1.00 bits per heavy atom. The van der Waals surface area contributed by atoms with Gasteiger partial charge in [0.05, 0.1) is 11.7 Å². The standard InChI is InChI=1S/C37H56O3/c1-24(2)25(3)14-15-26(4)30-18-19-31-32-17-16-28-22-29(39-8)20-21-36(28,6)37(32,7)33(23-35(30,31)5)40-34(38)27-12-10-9-11-13-27/h9-13,17,24-26,28-31,33H,14-16,18-23H2,1-8H3/t25-,26+,28-,29+,30+,31-,33+,35-,36+,37+/m0/s1. The monoisotopic (exact) mass is 548 g/mol. The van der Waals surface area contributed by atoms with Crippen LogP contribution in [-0.4, -0.2) is 25.3 Å². The summed E-state index contributed by atoms with van der Waals surface area (Å²) in [5, 5.41) is 0. The maximum Gasteiger partial charge on any atom is 0.338 e. The minimum Gasteiger partial charge on any atom is -0.458 e. The average molecular weight is 549 g/mol. The Hall–Kier alpha value is -1.61. The van der Waals surface area contributed by atoms with Crippen molar-refractivity contribution in [1.82, 2.24) is 0 Å². The lowest BCUT2D eigenvalue weighted by atomic mass is 9.40. The molecule has 1 aromatic rings. The average Bonchev–Trinajstić information content (AvgIpc) is 3.28. The van der Waals surface area contributed by atoms with E-state index in [2.05, 4.69) is 54.5 Å². The van der Waals surface area contributed by atoms with Crippen molar-refractivity contribution in [1.29, 1.82) is 0 Å². The van der Waals surface area contributed by atoms with Crippen molar-refractivity contribution in [3.8, 4) is 0 Å². The minimum absolute atomic E-state index is 0.103. The second kappa shape index (κ2) is 11.2. The van der Waals surface area contributed by atoms with Crippen molar-refractivity contribution in [2.45, 2.75) is 118 Å². The number of fused-ring (bicyclic) bond motifs is 5. The first-order valence-corrected chi connectivity index (χ1v) is 16.4. The molecule has 0 saturated heterocycles. The van der Waals surface area contributed by atoms with Gasteiger partial charge in [0.1, 0.15) is 6.10 Å². The Morgan fingerprint density at radius 2 is 1.73 bits per heavy atom. The summed E-state index contributed by atoms with van der Waals surface area (Å²) < 4.78 is 12.6. The molecule has 1 aromatic carbocycles. The molecule has 3 heteroatoms. The molecule has 10 atom stereocenters. The van der Waals surface area contributed by atoms with Gasteiger partial charge in [-0.15, -0.1) is 0 Å². The summed E-state index contributed by atoms with van der Waals surface area (Å²) in [6.07, 6.45) is 13.5. The Bertz CT molecular complexity index is 1080. The van der Waals surface area contributed by atoms with Gasteiger partial charge >= 0.3 is 5.97 Å². The normalized spacial score (nSPS) is 40.4. The molecule has 0 spiro atoms. The van der Waals surface area contributed by atoms with Crippen LogP contribution in [0.3, 0.4) is 0 Å². The van der Waals surface area contributed by atoms with Gasteiger partial charge in [-0.05, 0) is 103 Å². The van der Waals surface area contributed by atoms with Gasteiger partial charge in [-0.2, -0.15) is 0 Å². The molecular weight excluding hydrogens is 492 g/mol. The number of benzene rings is 1. The lowest BCUT2D eigenvalue weighted by molar-refractivity contribution is -0.157. The molecule has 4 aliphatic rings. The number of methoxy groups -OCH3 is 1. The van der Waals surface area contributed by atoms with E-state index in [4.69, 9.17) is 9.47 Å². The number of hydrogen-bond donors (Lipinski definition) is 0. The molecule has 222 valence electrons. The molecule has 0 aliphatic heterocycles. The van der Waals surface area contributed by atoms with Crippen LogP contribution >= 0.6 is 0 Å². The van der Waals surface area contributed by atoms with Crippen LogP contribution in [0.15, 0.2) is 42.0 Å². The van der Waals surface area contributed by atoms with E-state index in [1.165, 1.54) is 25.7 Å². The topological polar surface area (TPSA) is 35.5 Å². The van der Waals surface area contributed by atoms with E-state index in [9.17, 15) is 4.79 Å². The SMILES string of the molecule is CO[C@@H]1CC[C@]2(C)[C@@H](CC=C3[C@@H]4CC[C@H]([C@H](C)CC[C@H](C)C(C)C)[C@]4(C)C[C@@H](OC(=O)c4ccccc4)[C@@]32C)C1. The van der Waals surface area contributed by atoms with Crippen LogP contribution in [0, 0.1) is 51.8 Å². The first-order valence-electron chi connectivity index (χ1n) is 16.4. The molecule has 3 saturated carbocycles. The highest BCUT2D eigenvalue weighted by Crippen LogP contribution is 2.72. The van der Waals surface area contributed by atoms with Gasteiger partial charge in [0.25, 0.3) is 0 Å². The first kappa shape index (κ1) is 29.9. The molecule has 4 aliphatic carbocycles. The third kappa shape index (κ3) is 4.81. The number of rotatable bonds is 8. The molecule has 0 N–H and O–H groups in total. The molecule has 0 aromatic heterocycles.